The third kappa shape index (κ3) is 5.94. The number of anilines is 1. The second-order valence-corrected chi connectivity index (χ2v) is 11.7. The number of aliphatic hydroxyl groups is 1. The molecule has 2 fully saturated rings. The number of rotatable bonds is 7. The highest BCUT2D eigenvalue weighted by molar-refractivity contribution is 5.84. The molecule has 10 heteroatoms. The van der Waals surface area contributed by atoms with Crippen molar-refractivity contribution in [2.45, 2.75) is 51.7 Å². The summed E-state index contributed by atoms with van der Waals surface area (Å²) in [4.78, 5) is 40.8. The first-order valence-electron chi connectivity index (χ1n) is 14.5. The van der Waals surface area contributed by atoms with Crippen molar-refractivity contribution in [1.29, 1.82) is 0 Å². The molecule has 6 rings (SSSR count). The quantitative estimate of drug-likeness (QED) is 0.356. The van der Waals surface area contributed by atoms with Crippen LogP contribution < -0.4 is 4.90 Å². The molecule has 1 unspecified atom stereocenters. The third-order valence-electron chi connectivity index (χ3n) is 8.25. The Kier molecular flexibility index (Phi) is 7.44. The molecule has 4 aromatic rings. The molecule has 1 atom stereocenters. The maximum Gasteiger partial charge on any atom is 0.254 e. The van der Waals surface area contributed by atoms with Crippen LogP contribution in [-0.2, 0) is 11.2 Å². The van der Waals surface area contributed by atoms with Crippen LogP contribution in [0.2, 0.25) is 0 Å². The predicted octanol–water partition coefficient (Wildman–Crippen LogP) is 3.58. The highest BCUT2D eigenvalue weighted by Crippen LogP contribution is 2.27. The summed E-state index contributed by atoms with van der Waals surface area (Å²) in [6.07, 6.45) is 6.54. The average molecular weight is 555 g/mol. The van der Waals surface area contributed by atoms with Crippen LogP contribution in [0.15, 0.2) is 48.9 Å². The number of fused-ring (bicyclic) bond motifs is 1. The highest BCUT2D eigenvalue weighted by Gasteiger charge is 2.32. The van der Waals surface area contributed by atoms with Gasteiger partial charge in [-0.2, -0.15) is 0 Å². The standard InChI is InChI=1S/C31H38N8O2/c1-21(37-12-14-39(15-13-37)30(40)31(2,3)41)22-8-9-32-24(16-22)18-28-35-25-7-6-23(17-27(25)36-28)26-19-29(34-20-33-26)38-10-4-5-11-38/h6-9,16-17,19-21,41H,4-5,10-15,18H2,1-3H3,(H,35,36). The number of carbonyl (C=O) groups excluding carboxylic acids is 1. The van der Waals surface area contributed by atoms with Crippen molar-refractivity contribution >= 4 is 22.8 Å². The van der Waals surface area contributed by atoms with Gasteiger partial charge in [0.2, 0.25) is 0 Å². The number of aromatic amines is 1. The van der Waals surface area contributed by atoms with E-state index in [0.717, 1.165) is 65.8 Å². The molecule has 214 valence electrons. The average Bonchev–Trinajstić information content (AvgIpc) is 3.66. The van der Waals surface area contributed by atoms with E-state index in [-0.39, 0.29) is 11.9 Å². The van der Waals surface area contributed by atoms with Crippen molar-refractivity contribution in [2.75, 3.05) is 44.2 Å². The van der Waals surface area contributed by atoms with Crippen LogP contribution >= 0.6 is 0 Å². The summed E-state index contributed by atoms with van der Waals surface area (Å²) in [6.45, 7) is 10.1. The molecule has 0 radical (unpaired) electrons. The van der Waals surface area contributed by atoms with Gasteiger partial charge >= 0.3 is 0 Å². The molecule has 10 nitrogen and oxygen atoms in total. The smallest absolute Gasteiger partial charge is 0.254 e. The first-order valence-corrected chi connectivity index (χ1v) is 14.5. The number of imidazole rings is 1. The zero-order valence-electron chi connectivity index (χ0n) is 24.0. The Morgan fingerprint density at radius 2 is 1.78 bits per heavy atom. The minimum absolute atomic E-state index is 0.188. The minimum Gasteiger partial charge on any atom is -0.381 e. The number of benzene rings is 1. The number of amides is 1. The van der Waals surface area contributed by atoms with E-state index in [1.807, 2.05) is 12.3 Å². The third-order valence-corrected chi connectivity index (χ3v) is 8.25. The number of carbonyl (C=O) groups is 1. The van der Waals surface area contributed by atoms with Gasteiger partial charge in [-0.15, -0.1) is 0 Å². The number of nitrogens with one attached hydrogen (secondary N) is 1. The highest BCUT2D eigenvalue weighted by atomic mass is 16.3. The number of pyridine rings is 1. The van der Waals surface area contributed by atoms with Crippen LogP contribution in [0.25, 0.3) is 22.3 Å². The first-order chi connectivity index (χ1) is 19.7. The second kappa shape index (κ2) is 11.2. The van der Waals surface area contributed by atoms with Gasteiger partial charge in [0.1, 0.15) is 23.6 Å². The summed E-state index contributed by atoms with van der Waals surface area (Å²) < 4.78 is 0. The fourth-order valence-electron chi connectivity index (χ4n) is 5.86. The van der Waals surface area contributed by atoms with Gasteiger partial charge in [-0.1, -0.05) is 6.07 Å². The molecule has 0 aliphatic carbocycles. The van der Waals surface area contributed by atoms with Crippen molar-refractivity contribution < 1.29 is 9.90 Å². The van der Waals surface area contributed by atoms with Gasteiger partial charge in [-0.25, -0.2) is 15.0 Å². The Labute approximate surface area is 240 Å². The topological polar surface area (TPSA) is 114 Å². The van der Waals surface area contributed by atoms with Crippen LogP contribution in [0, 0.1) is 0 Å². The van der Waals surface area contributed by atoms with E-state index in [0.29, 0.717) is 19.5 Å². The van der Waals surface area contributed by atoms with Crippen molar-refractivity contribution in [3.63, 3.8) is 0 Å². The van der Waals surface area contributed by atoms with Crippen LogP contribution in [0.1, 0.15) is 56.7 Å². The summed E-state index contributed by atoms with van der Waals surface area (Å²) in [6, 6.07) is 12.7. The van der Waals surface area contributed by atoms with Gasteiger partial charge in [0.15, 0.2) is 0 Å². The molecule has 2 aliphatic rings. The fraction of sp³-hybridized carbons (Fsp3) is 0.452. The molecule has 2 aliphatic heterocycles. The SMILES string of the molecule is CC(c1ccnc(Cc2nc3ccc(-c4cc(N5CCCC5)ncn4)cc3[nH]2)c1)N1CCN(C(=O)C(C)(C)O)CC1. The summed E-state index contributed by atoms with van der Waals surface area (Å²) in [7, 11) is 0. The Bertz CT molecular complexity index is 1530. The molecular weight excluding hydrogens is 516 g/mol. The lowest BCUT2D eigenvalue weighted by molar-refractivity contribution is -0.149. The Morgan fingerprint density at radius 1 is 1.00 bits per heavy atom. The fourth-order valence-corrected chi connectivity index (χ4v) is 5.86. The maximum absolute atomic E-state index is 12.4. The zero-order valence-corrected chi connectivity index (χ0v) is 24.0. The van der Waals surface area contributed by atoms with Crippen LogP contribution in [0.4, 0.5) is 5.82 Å². The van der Waals surface area contributed by atoms with E-state index in [9.17, 15) is 9.90 Å². The molecule has 0 spiro atoms. The van der Waals surface area contributed by atoms with E-state index in [1.165, 1.54) is 18.4 Å². The Hall–Kier alpha value is -3.89. The van der Waals surface area contributed by atoms with Crippen molar-refractivity contribution in [3.05, 3.63) is 66.0 Å². The molecule has 1 aromatic carbocycles. The molecule has 2 saturated heterocycles. The molecule has 5 heterocycles. The van der Waals surface area contributed by atoms with Gasteiger partial charge < -0.3 is 19.9 Å². The van der Waals surface area contributed by atoms with E-state index in [2.05, 4.69) is 67.0 Å². The number of nitrogens with zero attached hydrogens (tertiary/aromatic N) is 7. The number of hydrogen-bond acceptors (Lipinski definition) is 8. The van der Waals surface area contributed by atoms with E-state index >= 15 is 0 Å². The van der Waals surface area contributed by atoms with Gasteiger partial charge in [0, 0.05) is 75.3 Å². The molecule has 1 amide bonds. The maximum atomic E-state index is 12.4. The van der Waals surface area contributed by atoms with Crippen LogP contribution in [-0.4, -0.2) is 90.6 Å². The minimum atomic E-state index is -1.33. The summed E-state index contributed by atoms with van der Waals surface area (Å²) in [5.74, 6) is 1.65. The van der Waals surface area contributed by atoms with E-state index < -0.39 is 5.60 Å². The van der Waals surface area contributed by atoms with Crippen molar-refractivity contribution in [3.8, 4) is 11.3 Å². The summed E-state index contributed by atoms with van der Waals surface area (Å²) in [5, 5.41) is 10.1. The van der Waals surface area contributed by atoms with E-state index in [1.54, 1.807) is 25.1 Å². The van der Waals surface area contributed by atoms with Crippen LogP contribution in [0.3, 0.4) is 0 Å². The summed E-state index contributed by atoms with van der Waals surface area (Å²) in [5.41, 5.74) is 4.65. The van der Waals surface area contributed by atoms with Gasteiger partial charge in [0.05, 0.1) is 16.7 Å². The zero-order chi connectivity index (χ0) is 28.6. The molecule has 2 N–H and O–H groups in total. The van der Waals surface area contributed by atoms with Gasteiger partial charge in [-0.05, 0) is 63.4 Å². The Morgan fingerprint density at radius 3 is 2.54 bits per heavy atom. The van der Waals surface area contributed by atoms with Gasteiger partial charge in [0.25, 0.3) is 5.91 Å². The van der Waals surface area contributed by atoms with Crippen LogP contribution in [0.5, 0.6) is 0 Å². The molecule has 41 heavy (non-hydrogen) atoms. The van der Waals surface area contributed by atoms with E-state index in [4.69, 9.17) is 4.98 Å². The first kappa shape index (κ1) is 27.3. The number of H-pyrrole nitrogens is 1. The molecule has 0 bridgehead atoms. The lowest BCUT2D eigenvalue weighted by atomic mass is 10.0. The lowest BCUT2D eigenvalue weighted by Gasteiger charge is -2.39. The van der Waals surface area contributed by atoms with Gasteiger partial charge in [-0.3, -0.25) is 14.7 Å². The summed E-state index contributed by atoms with van der Waals surface area (Å²) >= 11 is 0. The normalized spacial score (nSPS) is 17.4. The largest absolute Gasteiger partial charge is 0.381 e. The Balaban J connectivity index is 1.13. The van der Waals surface area contributed by atoms with Crippen molar-refractivity contribution in [2.24, 2.45) is 0 Å². The predicted molar refractivity (Wildman–Crippen MR) is 158 cm³/mol. The number of aromatic nitrogens is 5. The molecule has 3 aromatic heterocycles. The molecule has 0 saturated carbocycles. The number of piperazine rings is 1. The lowest BCUT2D eigenvalue weighted by Crippen LogP contribution is -2.54. The van der Waals surface area contributed by atoms with Crippen molar-refractivity contribution in [1.82, 2.24) is 34.7 Å². The monoisotopic (exact) mass is 554 g/mol. The number of hydrogen-bond donors (Lipinski definition) is 2. The second-order valence-electron chi connectivity index (χ2n) is 11.7. The molecular formula is C31H38N8O2.